The highest BCUT2D eigenvalue weighted by molar-refractivity contribution is 5.94. The monoisotopic (exact) mass is 480 g/mol. The molecule has 0 spiro atoms. The second-order valence-electron chi connectivity index (χ2n) is 8.23. The predicted molar refractivity (Wildman–Crippen MR) is 131 cm³/mol. The van der Waals surface area contributed by atoms with Gasteiger partial charge in [0.05, 0.1) is 26.0 Å². The number of ether oxygens (including phenoxy) is 1. The van der Waals surface area contributed by atoms with Crippen LogP contribution in [0.4, 0.5) is 15.8 Å². The Morgan fingerprint density at radius 1 is 1.09 bits per heavy atom. The highest BCUT2D eigenvalue weighted by Crippen LogP contribution is 2.22. The number of likely N-dealkylation sites (N-methyl/N-ethyl adjacent to an activating group) is 1. The van der Waals surface area contributed by atoms with Crippen LogP contribution in [0.3, 0.4) is 0 Å². The quantitative estimate of drug-likeness (QED) is 0.502. The predicted octanol–water partition coefficient (Wildman–Crippen LogP) is 3.74. The van der Waals surface area contributed by atoms with Crippen LogP contribution in [0.2, 0.25) is 0 Å². The number of hydrogen-bond donors (Lipinski definition) is 1. The second-order valence-corrected chi connectivity index (χ2v) is 8.23. The second kappa shape index (κ2) is 11.6. The van der Waals surface area contributed by atoms with Crippen LogP contribution in [-0.2, 0) is 20.7 Å². The molecule has 0 unspecified atom stereocenters. The number of oxazole rings is 1. The van der Waals surface area contributed by atoms with Gasteiger partial charge in [-0.2, -0.15) is 0 Å². The number of carbonyl (C=O) groups excluding carboxylic acids is 2. The van der Waals surface area contributed by atoms with Crippen LogP contribution in [0.25, 0.3) is 11.3 Å². The molecular formula is C26H29FN4O4. The number of anilines is 2. The summed E-state index contributed by atoms with van der Waals surface area (Å²) in [5, 5.41) is 2.86. The van der Waals surface area contributed by atoms with E-state index in [0.717, 1.165) is 18.8 Å². The SMILES string of the molecule is CCN(CC(=O)Nc1ccc(N2CCOCC2)cc1)C(=O)CCc1ncc(-c2ccc(F)cc2)o1. The van der Waals surface area contributed by atoms with Crippen LogP contribution in [0.1, 0.15) is 19.2 Å². The van der Waals surface area contributed by atoms with E-state index in [1.807, 2.05) is 31.2 Å². The average Bonchev–Trinajstić information content (AvgIpc) is 3.36. The molecule has 0 saturated carbocycles. The van der Waals surface area contributed by atoms with Gasteiger partial charge in [0.1, 0.15) is 5.82 Å². The third-order valence-electron chi connectivity index (χ3n) is 5.83. The summed E-state index contributed by atoms with van der Waals surface area (Å²) < 4.78 is 24.2. The fourth-order valence-corrected chi connectivity index (χ4v) is 3.87. The standard InChI is InChI=1S/C26H29FN4O4/c1-2-30(18-24(32)29-21-7-9-22(10-8-21)31-13-15-34-16-14-31)26(33)12-11-25-28-17-23(35-25)19-3-5-20(27)6-4-19/h3-10,17H,2,11-16,18H2,1H3,(H,29,32). The Morgan fingerprint density at radius 2 is 1.80 bits per heavy atom. The maximum Gasteiger partial charge on any atom is 0.243 e. The van der Waals surface area contributed by atoms with Gasteiger partial charge in [0.25, 0.3) is 0 Å². The molecule has 0 radical (unpaired) electrons. The Balaban J connectivity index is 1.25. The zero-order valence-electron chi connectivity index (χ0n) is 19.7. The van der Waals surface area contributed by atoms with E-state index in [1.54, 1.807) is 18.3 Å². The number of halogens is 1. The lowest BCUT2D eigenvalue weighted by Gasteiger charge is -2.29. The molecule has 0 bridgehead atoms. The summed E-state index contributed by atoms with van der Waals surface area (Å²) in [4.78, 5) is 33.2. The van der Waals surface area contributed by atoms with Gasteiger partial charge in [-0.15, -0.1) is 0 Å². The van der Waals surface area contributed by atoms with Crippen LogP contribution < -0.4 is 10.2 Å². The minimum absolute atomic E-state index is 0.0348. The summed E-state index contributed by atoms with van der Waals surface area (Å²) in [7, 11) is 0. The number of benzene rings is 2. The number of morpholine rings is 1. The summed E-state index contributed by atoms with van der Waals surface area (Å²) in [6.45, 7) is 5.33. The summed E-state index contributed by atoms with van der Waals surface area (Å²) in [6.07, 6.45) is 2.03. The van der Waals surface area contributed by atoms with Gasteiger partial charge in [-0.1, -0.05) is 0 Å². The van der Waals surface area contributed by atoms with Crippen LogP contribution in [0.5, 0.6) is 0 Å². The fourth-order valence-electron chi connectivity index (χ4n) is 3.87. The molecule has 0 aliphatic carbocycles. The van der Waals surface area contributed by atoms with E-state index in [2.05, 4.69) is 15.2 Å². The Morgan fingerprint density at radius 3 is 2.49 bits per heavy atom. The molecule has 35 heavy (non-hydrogen) atoms. The molecule has 1 N–H and O–H groups in total. The number of carbonyl (C=O) groups is 2. The van der Waals surface area contributed by atoms with Gasteiger partial charge in [-0.25, -0.2) is 9.37 Å². The van der Waals surface area contributed by atoms with Crippen molar-refractivity contribution in [3.05, 3.63) is 66.4 Å². The molecule has 1 aromatic heterocycles. The summed E-state index contributed by atoms with van der Waals surface area (Å²) >= 11 is 0. The van der Waals surface area contributed by atoms with Crippen LogP contribution in [0.15, 0.2) is 59.1 Å². The molecule has 4 rings (SSSR count). The van der Waals surface area contributed by atoms with Gasteiger partial charge >= 0.3 is 0 Å². The number of amides is 2. The van der Waals surface area contributed by atoms with Crippen LogP contribution in [0, 0.1) is 5.82 Å². The largest absolute Gasteiger partial charge is 0.441 e. The van der Waals surface area contributed by atoms with Crippen molar-refractivity contribution in [3.63, 3.8) is 0 Å². The van der Waals surface area contributed by atoms with Crippen molar-refractivity contribution < 1.29 is 23.1 Å². The van der Waals surface area contributed by atoms with Crippen molar-refractivity contribution in [2.24, 2.45) is 0 Å². The lowest BCUT2D eigenvalue weighted by atomic mass is 10.2. The molecule has 1 aliphatic rings. The van der Waals surface area contributed by atoms with Crippen molar-refractivity contribution in [2.75, 3.05) is 49.6 Å². The van der Waals surface area contributed by atoms with Crippen LogP contribution >= 0.6 is 0 Å². The molecule has 1 aliphatic heterocycles. The maximum absolute atomic E-state index is 13.1. The number of nitrogens with one attached hydrogen (secondary N) is 1. The fraction of sp³-hybridized carbons (Fsp3) is 0.346. The molecule has 0 atom stereocenters. The number of nitrogens with zero attached hydrogens (tertiary/aromatic N) is 3. The van der Waals surface area contributed by atoms with Crippen molar-refractivity contribution >= 4 is 23.2 Å². The zero-order valence-corrected chi connectivity index (χ0v) is 19.7. The molecule has 1 saturated heterocycles. The lowest BCUT2D eigenvalue weighted by molar-refractivity contribution is -0.134. The van der Waals surface area contributed by atoms with Gasteiger partial charge in [0.2, 0.25) is 11.8 Å². The molecule has 3 aromatic rings. The van der Waals surface area contributed by atoms with Crippen molar-refractivity contribution in [2.45, 2.75) is 19.8 Å². The van der Waals surface area contributed by atoms with E-state index in [1.165, 1.54) is 17.0 Å². The van der Waals surface area contributed by atoms with Gasteiger partial charge in [-0.3, -0.25) is 9.59 Å². The van der Waals surface area contributed by atoms with Crippen molar-refractivity contribution in [1.29, 1.82) is 0 Å². The number of rotatable bonds is 9. The lowest BCUT2D eigenvalue weighted by Crippen LogP contribution is -2.38. The van der Waals surface area contributed by atoms with E-state index in [0.29, 0.717) is 49.1 Å². The zero-order chi connectivity index (χ0) is 24.6. The molecule has 184 valence electrons. The highest BCUT2D eigenvalue weighted by Gasteiger charge is 2.17. The Bertz CT molecular complexity index is 1130. The minimum Gasteiger partial charge on any atom is -0.441 e. The van der Waals surface area contributed by atoms with Crippen molar-refractivity contribution in [3.8, 4) is 11.3 Å². The van der Waals surface area contributed by atoms with Gasteiger partial charge in [0, 0.05) is 49.4 Å². The van der Waals surface area contributed by atoms with Gasteiger partial charge in [0.15, 0.2) is 11.7 Å². The summed E-state index contributed by atoms with van der Waals surface area (Å²) in [6, 6.07) is 13.6. The van der Waals surface area contributed by atoms with E-state index in [9.17, 15) is 14.0 Å². The third-order valence-corrected chi connectivity index (χ3v) is 5.83. The molecular weight excluding hydrogens is 451 g/mol. The topological polar surface area (TPSA) is 87.9 Å². The number of hydrogen-bond acceptors (Lipinski definition) is 6. The van der Waals surface area contributed by atoms with E-state index >= 15 is 0 Å². The first-order valence-corrected chi connectivity index (χ1v) is 11.7. The summed E-state index contributed by atoms with van der Waals surface area (Å²) in [5.74, 6) is 0.186. The third kappa shape index (κ3) is 6.66. The van der Waals surface area contributed by atoms with Gasteiger partial charge < -0.3 is 24.3 Å². The first-order valence-electron chi connectivity index (χ1n) is 11.7. The first kappa shape index (κ1) is 24.4. The Hall–Kier alpha value is -3.72. The van der Waals surface area contributed by atoms with E-state index in [4.69, 9.17) is 9.15 Å². The first-order chi connectivity index (χ1) is 17.0. The molecule has 2 heterocycles. The smallest absolute Gasteiger partial charge is 0.243 e. The number of aryl methyl sites for hydroxylation is 1. The molecule has 2 aromatic carbocycles. The van der Waals surface area contributed by atoms with Crippen molar-refractivity contribution in [1.82, 2.24) is 9.88 Å². The van der Waals surface area contributed by atoms with Gasteiger partial charge in [-0.05, 0) is 55.5 Å². The normalized spacial score (nSPS) is 13.5. The van der Waals surface area contributed by atoms with E-state index in [-0.39, 0.29) is 30.6 Å². The van der Waals surface area contributed by atoms with E-state index < -0.39 is 0 Å². The van der Waals surface area contributed by atoms with Crippen LogP contribution in [-0.4, -0.2) is 61.1 Å². The maximum atomic E-state index is 13.1. The Kier molecular flexibility index (Phi) is 8.10. The Labute approximate surface area is 203 Å². The molecule has 1 fully saturated rings. The minimum atomic E-state index is -0.326. The molecule has 9 heteroatoms. The summed E-state index contributed by atoms with van der Waals surface area (Å²) in [5.41, 5.74) is 2.48. The molecule has 8 nitrogen and oxygen atoms in total. The average molecular weight is 481 g/mol. The molecule has 2 amide bonds. The number of aromatic nitrogens is 1. The highest BCUT2D eigenvalue weighted by atomic mass is 19.1.